The van der Waals surface area contributed by atoms with Crippen LogP contribution in [0.2, 0.25) is 0 Å². The second-order valence-corrected chi connectivity index (χ2v) is 4.99. The van der Waals surface area contributed by atoms with E-state index in [1.165, 1.54) is 13.2 Å². The zero-order valence-corrected chi connectivity index (χ0v) is 13.1. The molecule has 0 aliphatic heterocycles. The molecule has 0 amide bonds. The van der Waals surface area contributed by atoms with Gasteiger partial charge in [-0.25, -0.2) is 9.59 Å². The number of aryl methyl sites for hydroxylation is 1. The molecule has 2 rings (SSSR count). The van der Waals surface area contributed by atoms with E-state index in [4.69, 9.17) is 4.74 Å². The van der Waals surface area contributed by atoms with E-state index in [9.17, 15) is 9.59 Å². The molecule has 0 unspecified atom stereocenters. The summed E-state index contributed by atoms with van der Waals surface area (Å²) in [6.45, 7) is 2.07. The maximum absolute atomic E-state index is 11.8. The first-order valence-corrected chi connectivity index (χ1v) is 7.18. The van der Waals surface area contributed by atoms with Gasteiger partial charge < -0.3 is 9.47 Å². The lowest BCUT2D eigenvalue weighted by molar-refractivity contribution is -0.138. The number of ether oxygens (including phenoxy) is 2. The van der Waals surface area contributed by atoms with Crippen LogP contribution in [0.3, 0.4) is 0 Å². The number of carbonyl (C=O) groups is 2. The van der Waals surface area contributed by atoms with Crippen LogP contribution in [0, 0.1) is 6.92 Å². The molecule has 0 aliphatic rings. The van der Waals surface area contributed by atoms with Gasteiger partial charge in [0.1, 0.15) is 6.61 Å². The molecule has 4 nitrogen and oxygen atoms in total. The first-order chi connectivity index (χ1) is 11.1. The van der Waals surface area contributed by atoms with Gasteiger partial charge in [-0.1, -0.05) is 36.4 Å². The molecule has 0 radical (unpaired) electrons. The van der Waals surface area contributed by atoms with Crippen molar-refractivity contribution in [2.75, 3.05) is 7.11 Å². The smallest absolute Gasteiger partial charge is 0.337 e. The highest BCUT2D eigenvalue weighted by molar-refractivity contribution is 5.89. The predicted molar refractivity (Wildman–Crippen MR) is 87.8 cm³/mol. The Bertz CT molecular complexity index is 732. The van der Waals surface area contributed by atoms with Crippen molar-refractivity contribution in [3.63, 3.8) is 0 Å². The summed E-state index contributed by atoms with van der Waals surface area (Å²) in [4.78, 5) is 23.2. The van der Waals surface area contributed by atoms with Crippen molar-refractivity contribution in [2.45, 2.75) is 13.5 Å². The van der Waals surface area contributed by atoms with Crippen molar-refractivity contribution in [1.29, 1.82) is 0 Å². The summed E-state index contributed by atoms with van der Waals surface area (Å²) in [5, 5.41) is 0. The summed E-state index contributed by atoms with van der Waals surface area (Å²) < 4.78 is 9.84. The van der Waals surface area contributed by atoms with Crippen molar-refractivity contribution in [3.05, 3.63) is 76.9 Å². The molecule has 23 heavy (non-hydrogen) atoms. The minimum absolute atomic E-state index is 0.0990. The summed E-state index contributed by atoms with van der Waals surface area (Å²) in [6, 6.07) is 14.6. The van der Waals surface area contributed by atoms with Gasteiger partial charge in [0, 0.05) is 6.08 Å². The van der Waals surface area contributed by atoms with Crippen molar-refractivity contribution >= 4 is 18.0 Å². The summed E-state index contributed by atoms with van der Waals surface area (Å²) in [5.74, 6) is -0.852. The van der Waals surface area contributed by atoms with E-state index in [0.29, 0.717) is 5.56 Å². The lowest BCUT2D eigenvalue weighted by Gasteiger charge is -2.05. The predicted octanol–water partition coefficient (Wildman–Crippen LogP) is 3.54. The van der Waals surface area contributed by atoms with E-state index in [2.05, 4.69) is 4.74 Å². The van der Waals surface area contributed by atoms with Gasteiger partial charge in [-0.05, 0) is 41.8 Å². The molecule has 2 aromatic carbocycles. The number of carbonyl (C=O) groups excluding carboxylic acids is 2. The van der Waals surface area contributed by atoms with Crippen LogP contribution in [0.15, 0.2) is 54.6 Å². The zero-order chi connectivity index (χ0) is 16.7. The zero-order valence-electron chi connectivity index (χ0n) is 13.1. The highest BCUT2D eigenvalue weighted by atomic mass is 16.5. The van der Waals surface area contributed by atoms with Gasteiger partial charge in [0.15, 0.2) is 0 Å². The summed E-state index contributed by atoms with van der Waals surface area (Å²) in [6.07, 6.45) is 3.12. The summed E-state index contributed by atoms with van der Waals surface area (Å²) >= 11 is 0. The molecule has 0 aromatic heterocycles. The van der Waals surface area contributed by atoms with Gasteiger partial charge in [0.2, 0.25) is 0 Å². The van der Waals surface area contributed by atoms with E-state index >= 15 is 0 Å². The Labute approximate surface area is 135 Å². The highest BCUT2D eigenvalue weighted by Gasteiger charge is 2.06. The fourth-order valence-electron chi connectivity index (χ4n) is 2.04. The molecule has 0 atom stereocenters. The monoisotopic (exact) mass is 310 g/mol. The Morgan fingerprint density at radius 2 is 1.87 bits per heavy atom. The van der Waals surface area contributed by atoms with Crippen LogP contribution < -0.4 is 0 Å². The first kappa shape index (κ1) is 16.5. The van der Waals surface area contributed by atoms with E-state index in [-0.39, 0.29) is 6.61 Å². The Morgan fingerprint density at radius 3 is 2.61 bits per heavy atom. The van der Waals surface area contributed by atoms with Crippen molar-refractivity contribution in [2.24, 2.45) is 0 Å². The molecule has 0 spiro atoms. The number of methoxy groups -OCH3 is 1. The SMILES string of the molecule is COC(=O)c1cccc(COC(=O)/C=C/c2ccccc2C)c1. The molecule has 2 aromatic rings. The molecule has 0 N–H and O–H groups in total. The van der Waals surface area contributed by atoms with E-state index < -0.39 is 11.9 Å². The van der Waals surface area contributed by atoms with Crippen LogP contribution in [0.5, 0.6) is 0 Å². The molecule has 0 bridgehead atoms. The molecular formula is C19H18O4. The van der Waals surface area contributed by atoms with Gasteiger partial charge in [-0.2, -0.15) is 0 Å². The lowest BCUT2D eigenvalue weighted by Crippen LogP contribution is -2.04. The average molecular weight is 310 g/mol. The van der Waals surface area contributed by atoms with Crippen LogP contribution >= 0.6 is 0 Å². The number of hydrogen-bond acceptors (Lipinski definition) is 4. The maximum atomic E-state index is 11.8. The first-order valence-electron chi connectivity index (χ1n) is 7.18. The van der Waals surface area contributed by atoms with E-state index in [1.54, 1.807) is 30.3 Å². The minimum atomic E-state index is -0.434. The fraction of sp³-hybridized carbons (Fsp3) is 0.158. The third-order valence-corrected chi connectivity index (χ3v) is 3.32. The van der Waals surface area contributed by atoms with Crippen LogP contribution in [0.4, 0.5) is 0 Å². The molecule has 0 aliphatic carbocycles. The molecule has 0 fully saturated rings. The summed E-state index contributed by atoms with van der Waals surface area (Å²) in [7, 11) is 1.32. The summed E-state index contributed by atoms with van der Waals surface area (Å²) in [5.41, 5.74) is 3.21. The normalized spacial score (nSPS) is 10.5. The standard InChI is InChI=1S/C19H18O4/c1-14-6-3-4-8-16(14)10-11-18(20)23-13-15-7-5-9-17(12-15)19(21)22-2/h3-12H,13H2,1-2H3/b11-10+. The fourth-order valence-corrected chi connectivity index (χ4v) is 2.04. The number of hydrogen-bond donors (Lipinski definition) is 0. The van der Waals surface area contributed by atoms with Crippen molar-refractivity contribution < 1.29 is 19.1 Å². The van der Waals surface area contributed by atoms with Gasteiger partial charge >= 0.3 is 11.9 Å². The lowest BCUT2D eigenvalue weighted by atomic mass is 10.1. The van der Waals surface area contributed by atoms with E-state index in [1.807, 2.05) is 31.2 Å². The number of esters is 2. The van der Waals surface area contributed by atoms with E-state index in [0.717, 1.165) is 16.7 Å². The topological polar surface area (TPSA) is 52.6 Å². The second kappa shape index (κ2) is 7.94. The van der Waals surface area contributed by atoms with Crippen molar-refractivity contribution in [3.8, 4) is 0 Å². The molecule has 0 saturated carbocycles. The third kappa shape index (κ3) is 4.81. The Balaban J connectivity index is 1.94. The quantitative estimate of drug-likeness (QED) is 0.626. The molecule has 0 heterocycles. The molecule has 0 saturated heterocycles. The molecular weight excluding hydrogens is 292 g/mol. The molecule has 118 valence electrons. The van der Waals surface area contributed by atoms with Crippen LogP contribution in [0.25, 0.3) is 6.08 Å². The Kier molecular flexibility index (Phi) is 5.69. The average Bonchev–Trinajstić information content (AvgIpc) is 2.58. The van der Waals surface area contributed by atoms with Gasteiger partial charge in [-0.15, -0.1) is 0 Å². The maximum Gasteiger partial charge on any atom is 0.337 e. The van der Waals surface area contributed by atoms with Crippen LogP contribution in [0.1, 0.15) is 27.0 Å². The Morgan fingerprint density at radius 1 is 1.09 bits per heavy atom. The van der Waals surface area contributed by atoms with Gasteiger partial charge in [0.25, 0.3) is 0 Å². The van der Waals surface area contributed by atoms with Gasteiger partial charge in [0.05, 0.1) is 12.7 Å². The highest BCUT2D eigenvalue weighted by Crippen LogP contribution is 2.10. The number of benzene rings is 2. The van der Waals surface area contributed by atoms with Crippen LogP contribution in [-0.4, -0.2) is 19.0 Å². The molecule has 4 heteroatoms. The Hall–Kier alpha value is -2.88. The van der Waals surface area contributed by atoms with Crippen molar-refractivity contribution in [1.82, 2.24) is 0 Å². The largest absolute Gasteiger partial charge is 0.465 e. The van der Waals surface area contributed by atoms with Crippen LogP contribution in [-0.2, 0) is 20.9 Å². The second-order valence-electron chi connectivity index (χ2n) is 4.99. The number of rotatable bonds is 5. The minimum Gasteiger partial charge on any atom is -0.465 e. The third-order valence-electron chi connectivity index (χ3n) is 3.32. The van der Waals surface area contributed by atoms with Gasteiger partial charge in [-0.3, -0.25) is 0 Å².